The monoisotopic (exact) mass is 524 g/mol. The quantitative estimate of drug-likeness (QED) is 0.475. The number of benzene rings is 1. The van der Waals surface area contributed by atoms with Crippen molar-refractivity contribution < 1.29 is 35.9 Å². The minimum Gasteiger partial charge on any atom is -0.479 e. The standard InChI is InChI=1S/C23H21F5N6O3/c1-10-4-12-8-22(7-10,20-33-32-11(2)37-20)34(12)21(35)30-17-5-13(14(6-15(17)24)23(26,27)28)18-29-9-16(25)19(31-18)36-3/h5-6,9-10,12H,4,7-8H2,1-3H3,(H,30,35)/t10-,12-,22+/m0/s1. The highest BCUT2D eigenvalue weighted by Crippen LogP contribution is 2.55. The second-order valence-corrected chi connectivity index (χ2v) is 9.29. The molecule has 9 nitrogen and oxygen atoms in total. The molecule has 2 fully saturated rings. The first-order valence-corrected chi connectivity index (χ1v) is 11.3. The summed E-state index contributed by atoms with van der Waals surface area (Å²) in [6.07, 6.45) is -2.57. The molecule has 0 unspecified atom stereocenters. The van der Waals surface area contributed by atoms with E-state index in [1.165, 1.54) is 4.90 Å². The van der Waals surface area contributed by atoms with Crippen LogP contribution in [0.2, 0.25) is 0 Å². The fourth-order valence-electron chi connectivity index (χ4n) is 5.32. The summed E-state index contributed by atoms with van der Waals surface area (Å²) in [5, 5.41) is 10.3. The number of fused-ring (bicyclic) bond motifs is 2. The van der Waals surface area contributed by atoms with Gasteiger partial charge in [-0.15, -0.1) is 10.2 Å². The maximum Gasteiger partial charge on any atom is 0.417 e. The van der Waals surface area contributed by atoms with Crippen LogP contribution in [0.3, 0.4) is 0 Å². The van der Waals surface area contributed by atoms with Crippen LogP contribution in [-0.2, 0) is 11.7 Å². The number of aromatic nitrogens is 4. The Hall–Kier alpha value is -3.84. The van der Waals surface area contributed by atoms with Crippen molar-refractivity contribution in [3.8, 4) is 17.3 Å². The summed E-state index contributed by atoms with van der Waals surface area (Å²) in [5.41, 5.74) is -3.49. The highest BCUT2D eigenvalue weighted by atomic mass is 19.4. The van der Waals surface area contributed by atoms with E-state index in [4.69, 9.17) is 9.15 Å². The van der Waals surface area contributed by atoms with Crippen LogP contribution in [0, 0.1) is 24.5 Å². The van der Waals surface area contributed by atoms with Gasteiger partial charge in [-0.3, -0.25) is 0 Å². The lowest BCUT2D eigenvalue weighted by Gasteiger charge is -2.61. The molecular weight excluding hydrogens is 503 g/mol. The van der Waals surface area contributed by atoms with Crippen LogP contribution < -0.4 is 10.1 Å². The van der Waals surface area contributed by atoms with E-state index in [9.17, 15) is 26.7 Å². The molecular formula is C23H21F5N6O3. The summed E-state index contributed by atoms with van der Waals surface area (Å²) < 4.78 is 80.3. The molecule has 3 atom stereocenters. The molecule has 2 saturated heterocycles. The Balaban J connectivity index is 1.52. The summed E-state index contributed by atoms with van der Waals surface area (Å²) in [6.45, 7) is 3.64. The molecule has 0 aliphatic carbocycles. The molecule has 37 heavy (non-hydrogen) atoms. The lowest BCUT2D eigenvalue weighted by atomic mass is 9.64. The predicted molar refractivity (Wildman–Crippen MR) is 117 cm³/mol. The highest BCUT2D eigenvalue weighted by molar-refractivity contribution is 5.92. The molecule has 1 aromatic carbocycles. The lowest BCUT2D eigenvalue weighted by Crippen LogP contribution is -2.70. The number of hydrogen-bond donors (Lipinski definition) is 1. The van der Waals surface area contributed by atoms with Gasteiger partial charge in [0, 0.05) is 24.9 Å². The van der Waals surface area contributed by atoms with Crippen molar-refractivity contribution in [3.63, 3.8) is 0 Å². The number of ether oxygens (including phenoxy) is 1. The van der Waals surface area contributed by atoms with Gasteiger partial charge in [-0.1, -0.05) is 6.92 Å². The van der Waals surface area contributed by atoms with Crippen LogP contribution in [-0.4, -0.2) is 44.2 Å². The number of alkyl halides is 3. The smallest absolute Gasteiger partial charge is 0.417 e. The minimum absolute atomic E-state index is 0.197. The van der Waals surface area contributed by atoms with Crippen molar-refractivity contribution in [2.75, 3.05) is 12.4 Å². The molecule has 14 heteroatoms. The topological polar surface area (TPSA) is 106 Å². The Morgan fingerprint density at radius 1 is 1.22 bits per heavy atom. The zero-order valence-electron chi connectivity index (χ0n) is 19.9. The van der Waals surface area contributed by atoms with Crippen LogP contribution in [0.15, 0.2) is 22.7 Å². The van der Waals surface area contributed by atoms with E-state index in [0.29, 0.717) is 31.4 Å². The molecule has 2 bridgehead atoms. The number of nitrogens with zero attached hydrogens (tertiary/aromatic N) is 5. The second-order valence-electron chi connectivity index (χ2n) is 9.29. The van der Waals surface area contributed by atoms with Gasteiger partial charge in [0.15, 0.2) is 5.82 Å². The number of piperidine rings is 1. The fourth-order valence-corrected chi connectivity index (χ4v) is 5.32. The first-order chi connectivity index (χ1) is 17.4. The average molecular weight is 524 g/mol. The van der Waals surface area contributed by atoms with Gasteiger partial charge in [-0.05, 0) is 30.9 Å². The Labute approximate surface area is 207 Å². The third kappa shape index (κ3) is 4.13. The van der Waals surface area contributed by atoms with Gasteiger partial charge in [-0.25, -0.2) is 14.2 Å². The maximum absolute atomic E-state index is 14.9. The van der Waals surface area contributed by atoms with E-state index in [1.54, 1.807) is 6.92 Å². The van der Waals surface area contributed by atoms with Gasteiger partial charge in [0.2, 0.25) is 17.6 Å². The van der Waals surface area contributed by atoms with E-state index in [-0.39, 0.29) is 23.9 Å². The lowest BCUT2D eigenvalue weighted by molar-refractivity contribution is -0.137. The molecule has 196 valence electrons. The van der Waals surface area contributed by atoms with E-state index >= 15 is 0 Å². The van der Waals surface area contributed by atoms with Crippen molar-refractivity contribution in [2.45, 2.75) is 50.9 Å². The molecule has 1 N–H and O–H groups in total. The van der Waals surface area contributed by atoms with E-state index in [2.05, 4.69) is 25.5 Å². The van der Waals surface area contributed by atoms with Gasteiger partial charge in [0.1, 0.15) is 11.4 Å². The number of carbonyl (C=O) groups is 1. The van der Waals surface area contributed by atoms with Crippen molar-refractivity contribution in [3.05, 3.63) is 47.3 Å². The number of aryl methyl sites for hydroxylation is 1. The Morgan fingerprint density at radius 3 is 2.62 bits per heavy atom. The fraction of sp³-hybridized carbons (Fsp3) is 0.435. The zero-order valence-corrected chi connectivity index (χ0v) is 19.9. The summed E-state index contributed by atoms with van der Waals surface area (Å²) in [5.74, 6) is -2.64. The molecule has 2 aliphatic heterocycles. The normalized spacial score (nSPS) is 23.0. The van der Waals surface area contributed by atoms with Crippen LogP contribution >= 0.6 is 0 Å². The van der Waals surface area contributed by atoms with Gasteiger partial charge >= 0.3 is 12.2 Å². The number of urea groups is 1. The third-order valence-corrected chi connectivity index (χ3v) is 6.70. The van der Waals surface area contributed by atoms with E-state index < -0.39 is 57.9 Å². The van der Waals surface area contributed by atoms with Gasteiger partial charge < -0.3 is 19.4 Å². The second kappa shape index (κ2) is 8.63. The molecule has 0 saturated carbocycles. The number of carbonyl (C=O) groups excluding carboxylic acids is 1. The molecule has 3 aromatic rings. The number of anilines is 1. The van der Waals surface area contributed by atoms with Crippen molar-refractivity contribution in [1.82, 2.24) is 25.1 Å². The van der Waals surface area contributed by atoms with Gasteiger partial charge in [0.05, 0.1) is 24.6 Å². The van der Waals surface area contributed by atoms with E-state index in [0.717, 1.165) is 13.2 Å². The van der Waals surface area contributed by atoms with E-state index in [1.807, 2.05) is 6.92 Å². The summed E-state index contributed by atoms with van der Waals surface area (Å²) in [7, 11) is 1.09. The summed E-state index contributed by atoms with van der Waals surface area (Å²) in [6, 6.07) is 0.0731. The number of halogens is 5. The number of rotatable bonds is 4. The third-order valence-electron chi connectivity index (χ3n) is 6.70. The van der Waals surface area contributed by atoms with Crippen LogP contribution in [0.5, 0.6) is 5.88 Å². The van der Waals surface area contributed by atoms with Crippen LogP contribution in [0.1, 0.15) is 43.5 Å². The van der Waals surface area contributed by atoms with Crippen LogP contribution in [0.25, 0.3) is 11.4 Å². The number of nitrogens with one attached hydrogen (secondary N) is 1. The average Bonchev–Trinajstić information content (AvgIpc) is 3.26. The molecule has 2 amide bonds. The van der Waals surface area contributed by atoms with Crippen molar-refractivity contribution in [1.29, 1.82) is 0 Å². The number of methoxy groups -OCH3 is 1. The Kier molecular flexibility index (Phi) is 5.79. The maximum atomic E-state index is 14.9. The van der Waals surface area contributed by atoms with Crippen LogP contribution in [0.4, 0.5) is 32.4 Å². The summed E-state index contributed by atoms with van der Waals surface area (Å²) >= 11 is 0. The Bertz CT molecular complexity index is 1380. The Morgan fingerprint density at radius 2 is 1.97 bits per heavy atom. The summed E-state index contributed by atoms with van der Waals surface area (Å²) in [4.78, 5) is 22.1. The van der Waals surface area contributed by atoms with Crippen molar-refractivity contribution >= 4 is 11.7 Å². The number of amides is 2. The molecule has 0 spiro atoms. The zero-order chi connectivity index (χ0) is 26.7. The first-order valence-electron chi connectivity index (χ1n) is 11.3. The van der Waals surface area contributed by atoms with Crippen molar-refractivity contribution in [2.24, 2.45) is 5.92 Å². The largest absolute Gasteiger partial charge is 0.479 e. The molecule has 5 rings (SSSR count). The SMILES string of the molecule is COc1nc(-c2cc(NC(=O)N3[C@H]4C[C@H](C)C[C@]3(c3nnc(C)o3)C4)c(F)cc2C(F)(F)F)ncc1F. The molecule has 2 aromatic heterocycles. The molecule has 0 radical (unpaired) electrons. The first kappa shape index (κ1) is 24.8. The number of hydrogen-bond acceptors (Lipinski definition) is 7. The highest BCUT2D eigenvalue weighted by Gasteiger charge is 2.62. The molecule has 2 aliphatic rings. The minimum atomic E-state index is -4.99. The molecule has 4 heterocycles. The van der Waals surface area contributed by atoms with Gasteiger partial charge in [-0.2, -0.15) is 22.5 Å². The van der Waals surface area contributed by atoms with Gasteiger partial charge in [0.25, 0.3) is 5.88 Å². The predicted octanol–water partition coefficient (Wildman–Crippen LogP) is 5.07.